The van der Waals surface area contributed by atoms with Crippen molar-refractivity contribution in [2.45, 2.75) is 47.1 Å². The van der Waals surface area contributed by atoms with E-state index in [1.807, 2.05) is 0 Å². The van der Waals surface area contributed by atoms with Crippen LogP contribution in [-0.2, 0) is 6.42 Å². The van der Waals surface area contributed by atoms with Crippen LogP contribution in [0.1, 0.15) is 40.2 Å². The van der Waals surface area contributed by atoms with E-state index < -0.39 is 11.6 Å². The standard InChI is InChI=1S/C17H25F2N/c1-6-20-14(15-16(2,3)17(15,4)5)10-11-7-8-12(18)13(19)9-11/h7-9,14-15,20H,6,10H2,1-5H3. The molecular formula is C17H25F2N. The molecule has 1 aliphatic carbocycles. The van der Waals surface area contributed by atoms with Crippen LogP contribution in [0.4, 0.5) is 8.78 Å². The normalized spacial score (nSPS) is 21.8. The molecule has 1 nitrogen and oxygen atoms in total. The summed E-state index contributed by atoms with van der Waals surface area (Å²) in [5.41, 5.74) is 1.41. The Labute approximate surface area is 120 Å². The number of likely N-dealkylation sites (N-methyl/N-ethyl adjacent to an activating group) is 1. The van der Waals surface area contributed by atoms with Gasteiger partial charge in [0.2, 0.25) is 0 Å². The highest BCUT2D eigenvalue weighted by molar-refractivity contribution is 5.23. The molecule has 1 saturated carbocycles. The average molecular weight is 281 g/mol. The molecule has 0 aromatic heterocycles. The van der Waals surface area contributed by atoms with E-state index in [1.54, 1.807) is 6.07 Å². The zero-order valence-electron chi connectivity index (χ0n) is 13.1. The number of halogens is 2. The van der Waals surface area contributed by atoms with Gasteiger partial charge in [0.25, 0.3) is 0 Å². The molecule has 0 saturated heterocycles. The maximum absolute atomic E-state index is 13.3. The Kier molecular flexibility index (Phi) is 3.94. The highest BCUT2D eigenvalue weighted by Gasteiger charge is 2.66. The smallest absolute Gasteiger partial charge is 0.159 e. The van der Waals surface area contributed by atoms with Crippen molar-refractivity contribution < 1.29 is 8.78 Å². The van der Waals surface area contributed by atoms with E-state index in [0.29, 0.717) is 12.0 Å². The summed E-state index contributed by atoms with van der Waals surface area (Å²) >= 11 is 0. The van der Waals surface area contributed by atoms with Crippen molar-refractivity contribution in [3.8, 4) is 0 Å². The van der Waals surface area contributed by atoms with Crippen molar-refractivity contribution >= 4 is 0 Å². The van der Waals surface area contributed by atoms with Gasteiger partial charge in [-0.05, 0) is 47.4 Å². The summed E-state index contributed by atoms with van der Waals surface area (Å²) in [5, 5.41) is 3.52. The number of hydrogen-bond acceptors (Lipinski definition) is 1. The summed E-state index contributed by atoms with van der Waals surface area (Å²) in [5.74, 6) is -0.990. The Morgan fingerprint density at radius 2 is 1.70 bits per heavy atom. The quantitative estimate of drug-likeness (QED) is 0.854. The lowest BCUT2D eigenvalue weighted by molar-refractivity contribution is 0.402. The van der Waals surface area contributed by atoms with Crippen LogP contribution in [0.15, 0.2) is 18.2 Å². The average Bonchev–Trinajstić information content (AvgIpc) is 2.74. The molecule has 0 radical (unpaired) electrons. The molecule has 0 spiro atoms. The molecule has 3 heteroatoms. The van der Waals surface area contributed by atoms with Gasteiger partial charge in [0.15, 0.2) is 11.6 Å². The van der Waals surface area contributed by atoms with E-state index in [9.17, 15) is 8.78 Å². The third-order valence-electron chi connectivity index (χ3n) is 5.44. The summed E-state index contributed by atoms with van der Waals surface area (Å²) in [6.45, 7) is 12.1. The summed E-state index contributed by atoms with van der Waals surface area (Å²) in [6, 6.07) is 4.53. The fraction of sp³-hybridized carbons (Fsp3) is 0.647. The number of rotatable bonds is 5. The second-order valence-electron chi connectivity index (χ2n) is 7.04. The molecule has 0 amide bonds. The summed E-state index contributed by atoms with van der Waals surface area (Å²) in [6.07, 6.45) is 0.739. The molecule has 1 aromatic carbocycles. The summed E-state index contributed by atoms with van der Waals surface area (Å²) < 4.78 is 26.4. The highest BCUT2D eigenvalue weighted by Crippen LogP contribution is 2.69. The first-order valence-corrected chi connectivity index (χ1v) is 7.39. The Bertz CT molecular complexity index is 480. The molecule has 1 unspecified atom stereocenters. The van der Waals surface area contributed by atoms with Crippen LogP contribution in [0.3, 0.4) is 0 Å². The Balaban J connectivity index is 2.17. The van der Waals surface area contributed by atoms with Gasteiger partial charge in [-0.3, -0.25) is 0 Å². The van der Waals surface area contributed by atoms with Gasteiger partial charge in [0.1, 0.15) is 0 Å². The van der Waals surface area contributed by atoms with Crippen LogP contribution in [0.25, 0.3) is 0 Å². The van der Waals surface area contributed by atoms with Crippen LogP contribution < -0.4 is 5.32 Å². The summed E-state index contributed by atoms with van der Waals surface area (Å²) in [7, 11) is 0. The lowest BCUT2D eigenvalue weighted by Crippen LogP contribution is -2.35. The van der Waals surface area contributed by atoms with Gasteiger partial charge < -0.3 is 5.32 Å². The van der Waals surface area contributed by atoms with Crippen molar-refractivity contribution in [3.05, 3.63) is 35.4 Å². The topological polar surface area (TPSA) is 12.0 Å². The first-order valence-electron chi connectivity index (χ1n) is 7.39. The Morgan fingerprint density at radius 1 is 1.10 bits per heavy atom. The molecule has 1 aromatic rings. The highest BCUT2D eigenvalue weighted by atomic mass is 19.2. The van der Waals surface area contributed by atoms with E-state index >= 15 is 0 Å². The van der Waals surface area contributed by atoms with Crippen LogP contribution in [0.2, 0.25) is 0 Å². The van der Waals surface area contributed by atoms with Crippen molar-refractivity contribution in [2.75, 3.05) is 6.54 Å². The lowest BCUT2D eigenvalue weighted by Gasteiger charge is -2.20. The van der Waals surface area contributed by atoms with E-state index in [-0.39, 0.29) is 10.8 Å². The van der Waals surface area contributed by atoms with Gasteiger partial charge in [-0.25, -0.2) is 8.78 Å². The Morgan fingerprint density at radius 3 is 2.15 bits per heavy atom. The molecule has 1 N–H and O–H groups in total. The zero-order chi connectivity index (χ0) is 15.1. The minimum Gasteiger partial charge on any atom is -0.314 e. The van der Waals surface area contributed by atoms with Gasteiger partial charge in [-0.15, -0.1) is 0 Å². The van der Waals surface area contributed by atoms with E-state index in [0.717, 1.165) is 18.5 Å². The van der Waals surface area contributed by atoms with Gasteiger partial charge >= 0.3 is 0 Å². The van der Waals surface area contributed by atoms with E-state index in [2.05, 4.69) is 39.9 Å². The Hall–Kier alpha value is -0.960. The van der Waals surface area contributed by atoms with Crippen LogP contribution in [-0.4, -0.2) is 12.6 Å². The van der Waals surface area contributed by atoms with Crippen LogP contribution >= 0.6 is 0 Å². The maximum Gasteiger partial charge on any atom is 0.159 e. The molecule has 20 heavy (non-hydrogen) atoms. The molecule has 1 aliphatic rings. The van der Waals surface area contributed by atoms with Crippen molar-refractivity contribution in [1.82, 2.24) is 5.32 Å². The predicted octanol–water partition coefficient (Wildman–Crippen LogP) is 4.17. The van der Waals surface area contributed by atoms with E-state index in [1.165, 1.54) is 12.1 Å². The molecule has 112 valence electrons. The number of benzene rings is 1. The van der Waals surface area contributed by atoms with E-state index in [4.69, 9.17) is 0 Å². The van der Waals surface area contributed by atoms with Gasteiger partial charge in [-0.1, -0.05) is 40.7 Å². The largest absolute Gasteiger partial charge is 0.314 e. The van der Waals surface area contributed by atoms with Crippen molar-refractivity contribution in [2.24, 2.45) is 16.7 Å². The fourth-order valence-corrected chi connectivity index (χ4v) is 3.74. The third kappa shape index (κ3) is 2.48. The predicted molar refractivity (Wildman–Crippen MR) is 78.6 cm³/mol. The van der Waals surface area contributed by atoms with Gasteiger partial charge in [0.05, 0.1) is 0 Å². The maximum atomic E-state index is 13.3. The van der Waals surface area contributed by atoms with Crippen LogP contribution in [0.5, 0.6) is 0 Å². The monoisotopic (exact) mass is 281 g/mol. The molecule has 1 fully saturated rings. The van der Waals surface area contributed by atoms with Crippen molar-refractivity contribution in [3.63, 3.8) is 0 Å². The number of hydrogen-bond donors (Lipinski definition) is 1. The van der Waals surface area contributed by atoms with Crippen molar-refractivity contribution in [1.29, 1.82) is 0 Å². The first-order chi connectivity index (χ1) is 9.21. The minimum atomic E-state index is -0.777. The third-order valence-corrected chi connectivity index (χ3v) is 5.44. The van der Waals surface area contributed by atoms with Crippen LogP contribution in [0, 0.1) is 28.4 Å². The molecule has 0 bridgehead atoms. The number of nitrogens with one attached hydrogen (secondary N) is 1. The second kappa shape index (κ2) is 5.10. The first kappa shape index (κ1) is 15.4. The minimum absolute atomic E-state index is 0.276. The zero-order valence-corrected chi connectivity index (χ0v) is 13.1. The molecular weight excluding hydrogens is 256 g/mol. The molecule has 0 heterocycles. The fourth-order valence-electron chi connectivity index (χ4n) is 3.74. The van der Waals surface area contributed by atoms with Gasteiger partial charge in [-0.2, -0.15) is 0 Å². The lowest BCUT2D eigenvalue weighted by atomic mass is 9.96. The molecule has 1 atom stereocenters. The molecule has 2 rings (SSSR count). The SMILES string of the molecule is CCNC(Cc1ccc(F)c(F)c1)C1C(C)(C)C1(C)C. The summed E-state index contributed by atoms with van der Waals surface area (Å²) in [4.78, 5) is 0. The second-order valence-corrected chi connectivity index (χ2v) is 7.04. The molecule has 0 aliphatic heterocycles. The van der Waals surface area contributed by atoms with Gasteiger partial charge in [0, 0.05) is 6.04 Å².